The van der Waals surface area contributed by atoms with Crippen molar-refractivity contribution >= 4 is 44.4 Å². The molecule has 0 aromatic heterocycles. The van der Waals surface area contributed by atoms with Crippen LogP contribution in [0.4, 0.5) is 0 Å². The lowest BCUT2D eigenvalue weighted by molar-refractivity contribution is 0.0953. The highest BCUT2D eigenvalue weighted by atomic mass is 127. The number of rotatable bonds is 3. The molecular weight excluding hydrogens is 361 g/mol. The van der Waals surface area contributed by atoms with E-state index in [2.05, 4.69) is 43.8 Å². The van der Waals surface area contributed by atoms with Crippen molar-refractivity contribution in [1.29, 1.82) is 0 Å². The van der Waals surface area contributed by atoms with Crippen LogP contribution in [0, 0.1) is 0 Å². The second-order valence-electron chi connectivity index (χ2n) is 2.61. The van der Waals surface area contributed by atoms with Crippen molar-refractivity contribution < 1.29 is 9.90 Å². The maximum atomic E-state index is 11.5. The van der Waals surface area contributed by atoms with Crippen molar-refractivity contribution in [2.24, 2.45) is 0 Å². The van der Waals surface area contributed by atoms with Crippen molar-refractivity contribution in [3.05, 3.63) is 28.2 Å². The van der Waals surface area contributed by atoms with E-state index in [-0.39, 0.29) is 11.7 Å². The summed E-state index contributed by atoms with van der Waals surface area (Å²) >= 11 is 5.41. The Bertz CT molecular complexity index is 344. The number of halogens is 2. The molecule has 14 heavy (non-hydrogen) atoms. The van der Waals surface area contributed by atoms with E-state index in [1.165, 1.54) is 6.07 Å². The van der Waals surface area contributed by atoms with Gasteiger partial charge in [0.15, 0.2) is 0 Å². The molecule has 0 unspecified atom stereocenters. The minimum absolute atomic E-state index is 0.000779. The summed E-state index contributed by atoms with van der Waals surface area (Å²) in [6.45, 7) is 0.603. The monoisotopic (exact) mass is 369 g/mol. The molecule has 1 amide bonds. The Hall–Kier alpha value is -0.300. The van der Waals surface area contributed by atoms with Gasteiger partial charge in [-0.25, -0.2) is 0 Å². The van der Waals surface area contributed by atoms with Crippen LogP contribution in [0.15, 0.2) is 22.7 Å². The van der Waals surface area contributed by atoms with Gasteiger partial charge >= 0.3 is 0 Å². The molecule has 3 nitrogen and oxygen atoms in total. The lowest BCUT2D eigenvalue weighted by Crippen LogP contribution is -2.25. The largest absolute Gasteiger partial charge is 0.507 e. The molecule has 0 aliphatic heterocycles. The Labute approximate surface area is 104 Å². The molecule has 0 fully saturated rings. The average molecular weight is 370 g/mol. The van der Waals surface area contributed by atoms with E-state index >= 15 is 0 Å². The Morgan fingerprint density at radius 2 is 2.29 bits per heavy atom. The van der Waals surface area contributed by atoms with Crippen LogP contribution in [0.1, 0.15) is 10.4 Å². The van der Waals surface area contributed by atoms with Gasteiger partial charge in [-0.3, -0.25) is 4.79 Å². The number of nitrogens with one attached hydrogen (secondary N) is 1. The van der Waals surface area contributed by atoms with Gasteiger partial charge in [-0.2, -0.15) is 0 Å². The lowest BCUT2D eigenvalue weighted by atomic mass is 10.2. The van der Waals surface area contributed by atoms with Crippen LogP contribution in [-0.2, 0) is 0 Å². The lowest BCUT2D eigenvalue weighted by Gasteiger charge is -2.05. The molecule has 0 aliphatic rings. The molecule has 2 N–H and O–H groups in total. The van der Waals surface area contributed by atoms with Crippen LogP contribution in [0.5, 0.6) is 5.75 Å². The smallest absolute Gasteiger partial charge is 0.255 e. The maximum absolute atomic E-state index is 11.5. The normalized spacial score (nSPS) is 9.86. The second kappa shape index (κ2) is 5.55. The molecule has 0 radical (unpaired) electrons. The number of amides is 1. The molecule has 76 valence electrons. The first-order chi connectivity index (χ1) is 6.65. The average Bonchev–Trinajstić information content (AvgIpc) is 2.18. The summed E-state index contributed by atoms with van der Waals surface area (Å²) in [5.74, 6) is -0.250. The van der Waals surface area contributed by atoms with Crippen LogP contribution in [-0.4, -0.2) is 22.0 Å². The highest BCUT2D eigenvalue weighted by Gasteiger charge is 2.10. The Balaban J connectivity index is 2.83. The fourth-order valence-electron chi connectivity index (χ4n) is 0.946. The van der Waals surface area contributed by atoms with Crippen LogP contribution < -0.4 is 5.32 Å². The first-order valence-corrected chi connectivity index (χ1v) is 6.29. The molecular formula is C9H9BrINO2. The molecule has 0 saturated heterocycles. The second-order valence-corrected chi connectivity index (χ2v) is 4.60. The van der Waals surface area contributed by atoms with E-state index in [0.29, 0.717) is 12.1 Å². The minimum Gasteiger partial charge on any atom is -0.507 e. The van der Waals surface area contributed by atoms with Gasteiger partial charge in [0, 0.05) is 15.4 Å². The summed E-state index contributed by atoms with van der Waals surface area (Å²) < 4.78 is 1.62. The number of phenolic OH excluding ortho intramolecular Hbond substituents is 1. The zero-order chi connectivity index (χ0) is 10.6. The number of carbonyl (C=O) groups is 1. The summed E-state index contributed by atoms with van der Waals surface area (Å²) in [5, 5.41) is 12.1. The summed E-state index contributed by atoms with van der Waals surface area (Å²) in [5.41, 5.74) is 0.296. The van der Waals surface area contributed by atoms with Crippen molar-refractivity contribution in [3.63, 3.8) is 0 Å². The molecule has 0 aliphatic carbocycles. The molecule has 0 bridgehead atoms. The molecule has 0 heterocycles. The third-order valence-electron chi connectivity index (χ3n) is 1.58. The number of alkyl halides is 1. The van der Waals surface area contributed by atoms with E-state index in [4.69, 9.17) is 0 Å². The zero-order valence-corrected chi connectivity index (χ0v) is 11.0. The number of benzene rings is 1. The summed E-state index contributed by atoms with van der Waals surface area (Å²) in [7, 11) is 0. The SMILES string of the molecule is O=C(NCCI)c1cc(Br)ccc1O. The van der Waals surface area contributed by atoms with Gasteiger partial charge < -0.3 is 10.4 Å². The Kier molecular flexibility index (Phi) is 4.67. The standard InChI is InChI=1S/C9H9BrINO2/c10-6-1-2-8(13)7(5-6)9(14)12-4-3-11/h1-2,5,13H,3-4H2,(H,12,14). The van der Waals surface area contributed by atoms with Gasteiger partial charge in [0.05, 0.1) is 5.56 Å². The van der Waals surface area contributed by atoms with Crippen LogP contribution in [0.3, 0.4) is 0 Å². The van der Waals surface area contributed by atoms with E-state index in [1.54, 1.807) is 12.1 Å². The number of hydrogen-bond acceptors (Lipinski definition) is 2. The number of hydrogen-bond donors (Lipinski definition) is 2. The first kappa shape index (κ1) is 11.8. The Morgan fingerprint density at radius 3 is 2.93 bits per heavy atom. The van der Waals surface area contributed by atoms with E-state index < -0.39 is 0 Å². The molecule has 1 aromatic rings. The predicted octanol–water partition coefficient (Wildman–Crippen LogP) is 2.32. The van der Waals surface area contributed by atoms with Gasteiger partial charge in [0.2, 0.25) is 0 Å². The van der Waals surface area contributed by atoms with Crippen molar-refractivity contribution in [2.45, 2.75) is 0 Å². The van der Waals surface area contributed by atoms with Crippen molar-refractivity contribution in [2.75, 3.05) is 11.0 Å². The van der Waals surface area contributed by atoms with Crippen LogP contribution in [0.25, 0.3) is 0 Å². The highest BCUT2D eigenvalue weighted by Crippen LogP contribution is 2.21. The molecule has 1 aromatic carbocycles. The predicted molar refractivity (Wildman–Crippen MR) is 67.0 cm³/mol. The fourth-order valence-corrected chi connectivity index (χ4v) is 1.58. The minimum atomic E-state index is -0.250. The van der Waals surface area contributed by atoms with Gasteiger partial charge in [-0.1, -0.05) is 38.5 Å². The number of carbonyl (C=O) groups excluding carboxylic acids is 1. The quantitative estimate of drug-likeness (QED) is 0.634. The van der Waals surface area contributed by atoms with E-state index in [9.17, 15) is 9.90 Å². The maximum Gasteiger partial charge on any atom is 0.255 e. The first-order valence-electron chi connectivity index (χ1n) is 3.98. The third kappa shape index (κ3) is 3.13. The van der Waals surface area contributed by atoms with E-state index in [1.807, 2.05) is 0 Å². The molecule has 1 rings (SSSR count). The topological polar surface area (TPSA) is 49.3 Å². The van der Waals surface area contributed by atoms with Gasteiger partial charge in [-0.05, 0) is 18.2 Å². The Morgan fingerprint density at radius 1 is 1.57 bits per heavy atom. The number of aromatic hydroxyl groups is 1. The highest BCUT2D eigenvalue weighted by molar-refractivity contribution is 14.1. The summed E-state index contributed by atoms with van der Waals surface area (Å²) in [6, 6.07) is 4.77. The van der Waals surface area contributed by atoms with Gasteiger partial charge in [0.1, 0.15) is 5.75 Å². The molecule has 0 spiro atoms. The van der Waals surface area contributed by atoms with Gasteiger partial charge in [0.25, 0.3) is 5.91 Å². The third-order valence-corrected chi connectivity index (χ3v) is 2.62. The van der Waals surface area contributed by atoms with Crippen LogP contribution in [0.2, 0.25) is 0 Å². The number of phenols is 1. The molecule has 0 atom stereocenters. The summed E-state index contributed by atoms with van der Waals surface area (Å²) in [6.07, 6.45) is 0. The van der Waals surface area contributed by atoms with E-state index in [0.717, 1.165) is 8.90 Å². The van der Waals surface area contributed by atoms with Crippen molar-refractivity contribution in [1.82, 2.24) is 5.32 Å². The summed E-state index contributed by atoms with van der Waals surface area (Å²) in [4.78, 5) is 11.5. The van der Waals surface area contributed by atoms with Crippen molar-refractivity contribution in [3.8, 4) is 5.75 Å². The zero-order valence-electron chi connectivity index (χ0n) is 7.26. The molecule has 0 saturated carbocycles. The van der Waals surface area contributed by atoms with Gasteiger partial charge in [-0.15, -0.1) is 0 Å². The molecule has 5 heteroatoms. The fraction of sp³-hybridized carbons (Fsp3) is 0.222. The van der Waals surface area contributed by atoms with Crippen LogP contribution >= 0.6 is 38.5 Å².